The van der Waals surface area contributed by atoms with Crippen molar-refractivity contribution in [2.75, 3.05) is 11.4 Å². The van der Waals surface area contributed by atoms with Crippen LogP contribution in [0.3, 0.4) is 0 Å². The molecular weight excluding hydrogens is 410 g/mol. The maximum atomic E-state index is 12.8. The third kappa shape index (κ3) is 4.28. The first kappa shape index (κ1) is 19.8. The van der Waals surface area contributed by atoms with Gasteiger partial charge in [0.15, 0.2) is 0 Å². The van der Waals surface area contributed by atoms with Crippen LogP contribution >= 0.6 is 22.9 Å². The summed E-state index contributed by atoms with van der Waals surface area (Å²) in [7, 11) is 0. The molecule has 3 aromatic rings. The maximum Gasteiger partial charge on any atom is 0.275 e. The number of nitrogens with one attached hydrogen (secondary N) is 1. The molecule has 1 saturated heterocycles. The molecule has 7 nitrogen and oxygen atoms in total. The first-order valence-corrected chi connectivity index (χ1v) is 10.9. The number of hydrogen-bond donors (Lipinski definition) is 1. The van der Waals surface area contributed by atoms with Crippen molar-refractivity contribution in [3.63, 3.8) is 0 Å². The number of benzene rings is 1. The summed E-state index contributed by atoms with van der Waals surface area (Å²) in [6.07, 6.45) is 3.34. The number of aromatic nitrogens is 3. The summed E-state index contributed by atoms with van der Waals surface area (Å²) in [5.41, 5.74) is 1.56. The van der Waals surface area contributed by atoms with E-state index in [2.05, 4.69) is 22.3 Å². The average molecular weight is 432 g/mol. The molecule has 1 atom stereocenters. The van der Waals surface area contributed by atoms with E-state index in [4.69, 9.17) is 11.6 Å². The molecule has 1 fully saturated rings. The minimum atomic E-state index is -0.305. The van der Waals surface area contributed by atoms with Crippen molar-refractivity contribution < 1.29 is 4.79 Å². The van der Waals surface area contributed by atoms with Crippen LogP contribution in [-0.2, 0) is 17.8 Å². The van der Waals surface area contributed by atoms with Gasteiger partial charge in [0.2, 0.25) is 16.0 Å². The van der Waals surface area contributed by atoms with Crippen molar-refractivity contribution in [1.29, 1.82) is 0 Å². The maximum absolute atomic E-state index is 12.8. The zero-order valence-corrected chi connectivity index (χ0v) is 17.7. The van der Waals surface area contributed by atoms with Gasteiger partial charge in [-0.15, -0.1) is 5.10 Å². The van der Waals surface area contributed by atoms with Crippen LogP contribution in [0.15, 0.2) is 35.1 Å². The Balaban J connectivity index is 1.52. The molecule has 0 spiro atoms. The van der Waals surface area contributed by atoms with E-state index >= 15 is 0 Å². The zero-order chi connectivity index (χ0) is 20.4. The first-order chi connectivity index (χ1) is 14.0. The van der Waals surface area contributed by atoms with Gasteiger partial charge in [0.1, 0.15) is 6.04 Å². The smallest absolute Gasteiger partial charge is 0.275 e. The highest BCUT2D eigenvalue weighted by atomic mass is 35.5. The first-order valence-electron chi connectivity index (χ1n) is 9.73. The molecule has 1 unspecified atom stereocenters. The lowest BCUT2D eigenvalue weighted by atomic mass is 10.2. The molecule has 1 aromatic carbocycles. The second kappa shape index (κ2) is 8.51. The van der Waals surface area contributed by atoms with Crippen molar-refractivity contribution in [2.24, 2.45) is 0 Å². The third-order valence-electron chi connectivity index (χ3n) is 4.95. The predicted octanol–water partition coefficient (Wildman–Crippen LogP) is 3.04. The van der Waals surface area contributed by atoms with E-state index in [1.807, 2.05) is 23.1 Å². The molecule has 0 saturated carbocycles. The number of carbonyl (C=O) groups excluding carboxylic acids is 1. The van der Waals surface area contributed by atoms with E-state index < -0.39 is 0 Å². The normalized spacial score (nSPS) is 16.5. The monoisotopic (exact) mass is 431 g/mol. The summed E-state index contributed by atoms with van der Waals surface area (Å²) in [4.78, 5) is 32.3. The Bertz CT molecular complexity index is 1100. The van der Waals surface area contributed by atoms with Crippen LogP contribution in [0.1, 0.15) is 37.4 Å². The third-order valence-corrected chi connectivity index (χ3v) is 6.13. The van der Waals surface area contributed by atoms with E-state index in [1.165, 1.54) is 15.9 Å². The number of nitrogens with zero attached hydrogens (tertiary/aromatic N) is 4. The Morgan fingerprint density at radius 1 is 1.38 bits per heavy atom. The van der Waals surface area contributed by atoms with E-state index in [-0.39, 0.29) is 17.5 Å². The van der Waals surface area contributed by atoms with Crippen LogP contribution in [-0.4, -0.2) is 33.1 Å². The van der Waals surface area contributed by atoms with Gasteiger partial charge in [-0.3, -0.25) is 9.59 Å². The molecule has 1 aliphatic heterocycles. The summed E-state index contributed by atoms with van der Waals surface area (Å²) in [6.45, 7) is 3.20. The van der Waals surface area contributed by atoms with Crippen molar-refractivity contribution >= 4 is 38.9 Å². The number of aryl methyl sites for hydroxylation is 1. The highest BCUT2D eigenvalue weighted by molar-refractivity contribution is 7.20. The van der Waals surface area contributed by atoms with Gasteiger partial charge >= 0.3 is 0 Å². The quantitative estimate of drug-likeness (QED) is 0.648. The number of amides is 1. The average Bonchev–Trinajstić information content (AvgIpc) is 3.33. The molecule has 0 bridgehead atoms. The summed E-state index contributed by atoms with van der Waals surface area (Å²) in [6, 6.07) is 8.68. The molecule has 4 rings (SSSR count). The minimum absolute atomic E-state index is 0.0475. The lowest BCUT2D eigenvalue weighted by Gasteiger charge is -2.22. The highest BCUT2D eigenvalue weighted by Crippen LogP contribution is 2.29. The second-order valence-corrected chi connectivity index (χ2v) is 8.48. The van der Waals surface area contributed by atoms with Gasteiger partial charge in [-0.1, -0.05) is 48.4 Å². The summed E-state index contributed by atoms with van der Waals surface area (Å²) in [5.74, 6) is -0.0475. The van der Waals surface area contributed by atoms with Gasteiger partial charge < -0.3 is 10.2 Å². The molecule has 1 N–H and O–H groups in total. The van der Waals surface area contributed by atoms with Gasteiger partial charge in [0.25, 0.3) is 5.56 Å². The largest absolute Gasteiger partial charge is 0.350 e. The number of fused-ring (bicyclic) bond motifs is 1. The topological polar surface area (TPSA) is 79.6 Å². The molecule has 152 valence electrons. The molecule has 2 aromatic heterocycles. The molecule has 0 aliphatic carbocycles. The standard InChI is InChI=1S/C20H22ClN5O2S/c1-2-5-15-11-17(27)26-19(23-15)29-20(24-26)25-9-4-8-16(25)18(28)22-12-13-6-3-7-14(21)10-13/h3,6-7,10-11,16H,2,4-5,8-9,12H2,1H3,(H,22,28). The molecule has 0 radical (unpaired) electrons. The lowest BCUT2D eigenvalue weighted by Crippen LogP contribution is -2.43. The van der Waals surface area contributed by atoms with Crippen LogP contribution < -0.4 is 15.8 Å². The van der Waals surface area contributed by atoms with Crippen LogP contribution in [0, 0.1) is 0 Å². The van der Waals surface area contributed by atoms with E-state index in [0.29, 0.717) is 21.7 Å². The van der Waals surface area contributed by atoms with Gasteiger partial charge in [0.05, 0.1) is 0 Å². The van der Waals surface area contributed by atoms with Gasteiger partial charge in [0, 0.05) is 29.9 Å². The van der Waals surface area contributed by atoms with Gasteiger partial charge in [-0.2, -0.15) is 4.52 Å². The number of hydrogen-bond acceptors (Lipinski definition) is 6. The molecule has 3 heterocycles. The molecule has 9 heteroatoms. The number of carbonyl (C=O) groups is 1. The summed E-state index contributed by atoms with van der Waals surface area (Å²) < 4.78 is 1.33. The van der Waals surface area contributed by atoms with Crippen molar-refractivity contribution in [2.45, 2.75) is 45.2 Å². The number of halogens is 1. The van der Waals surface area contributed by atoms with E-state index in [0.717, 1.165) is 43.5 Å². The van der Waals surface area contributed by atoms with Crippen molar-refractivity contribution in [3.05, 3.63) is 57.0 Å². The molecule has 1 amide bonds. The van der Waals surface area contributed by atoms with Crippen LogP contribution in [0.25, 0.3) is 4.96 Å². The minimum Gasteiger partial charge on any atom is -0.350 e. The molecular formula is C20H22ClN5O2S. The van der Waals surface area contributed by atoms with Crippen molar-refractivity contribution in [1.82, 2.24) is 19.9 Å². The SMILES string of the molecule is CCCc1cc(=O)n2nc(N3CCCC3C(=O)NCc3cccc(Cl)c3)sc2n1. The van der Waals surface area contributed by atoms with Crippen LogP contribution in [0.4, 0.5) is 5.13 Å². The fourth-order valence-electron chi connectivity index (χ4n) is 3.57. The number of rotatable bonds is 6. The highest BCUT2D eigenvalue weighted by Gasteiger charge is 2.33. The zero-order valence-electron chi connectivity index (χ0n) is 16.1. The Morgan fingerprint density at radius 2 is 2.24 bits per heavy atom. The van der Waals surface area contributed by atoms with Crippen LogP contribution in [0.2, 0.25) is 5.02 Å². The summed E-state index contributed by atoms with van der Waals surface area (Å²) in [5, 5.41) is 8.74. The van der Waals surface area contributed by atoms with E-state index in [1.54, 1.807) is 12.1 Å². The lowest BCUT2D eigenvalue weighted by molar-refractivity contribution is -0.122. The molecule has 29 heavy (non-hydrogen) atoms. The summed E-state index contributed by atoms with van der Waals surface area (Å²) >= 11 is 7.37. The Labute approximate surface area is 177 Å². The van der Waals surface area contributed by atoms with Gasteiger partial charge in [-0.25, -0.2) is 4.98 Å². The fraction of sp³-hybridized carbons (Fsp3) is 0.400. The predicted molar refractivity (Wildman–Crippen MR) is 115 cm³/mol. The van der Waals surface area contributed by atoms with Crippen molar-refractivity contribution in [3.8, 4) is 0 Å². The Morgan fingerprint density at radius 3 is 3.03 bits per heavy atom. The van der Waals surface area contributed by atoms with E-state index in [9.17, 15) is 9.59 Å². The molecule has 1 aliphatic rings. The van der Waals surface area contributed by atoms with Gasteiger partial charge in [-0.05, 0) is 37.0 Å². The van der Waals surface area contributed by atoms with Crippen LogP contribution in [0.5, 0.6) is 0 Å². The number of anilines is 1. The Hall–Kier alpha value is -2.45. The Kier molecular flexibility index (Phi) is 5.82. The second-order valence-electron chi connectivity index (χ2n) is 7.11. The fourth-order valence-corrected chi connectivity index (χ4v) is 4.78.